The summed E-state index contributed by atoms with van der Waals surface area (Å²) in [6.07, 6.45) is 9.78. The summed E-state index contributed by atoms with van der Waals surface area (Å²) in [6, 6.07) is 1.84. The Labute approximate surface area is 150 Å². The van der Waals surface area contributed by atoms with Crippen LogP contribution in [0.2, 0.25) is 0 Å². The standard InChI is InChI=1S/C18H31N5O2/c1-16(14-23-9-5-8-20-23)21-17(24)19-15-18(6-3-2-4-7-18)22-10-12-25-13-11-22/h5,8-9,16H,2-4,6-7,10-15H2,1H3,(H2,19,21,24)/t16-/m0/s1. The smallest absolute Gasteiger partial charge is 0.315 e. The maximum Gasteiger partial charge on any atom is 0.315 e. The molecule has 1 aliphatic heterocycles. The van der Waals surface area contributed by atoms with E-state index in [9.17, 15) is 4.79 Å². The van der Waals surface area contributed by atoms with Crippen molar-refractivity contribution in [1.82, 2.24) is 25.3 Å². The van der Waals surface area contributed by atoms with Crippen molar-refractivity contribution in [2.24, 2.45) is 0 Å². The zero-order valence-electron chi connectivity index (χ0n) is 15.2. The molecule has 1 saturated carbocycles. The lowest BCUT2D eigenvalue weighted by Gasteiger charge is -2.48. The minimum atomic E-state index is -0.0853. The molecule has 25 heavy (non-hydrogen) atoms. The number of nitrogens with one attached hydrogen (secondary N) is 2. The van der Waals surface area contributed by atoms with Gasteiger partial charge in [0.1, 0.15) is 0 Å². The average Bonchev–Trinajstić information content (AvgIpc) is 3.14. The molecule has 2 amide bonds. The van der Waals surface area contributed by atoms with Gasteiger partial charge in [-0.15, -0.1) is 0 Å². The summed E-state index contributed by atoms with van der Waals surface area (Å²) in [4.78, 5) is 14.9. The largest absolute Gasteiger partial charge is 0.379 e. The van der Waals surface area contributed by atoms with Crippen LogP contribution in [0.5, 0.6) is 0 Å². The van der Waals surface area contributed by atoms with Crippen molar-refractivity contribution < 1.29 is 9.53 Å². The van der Waals surface area contributed by atoms with Crippen LogP contribution in [0.4, 0.5) is 4.79 Å². The van der Waals surface area contributed by atoms with Gasteiger partial charge in [-0.05, 0) is 25.8 Å². The summed E-state index contributed by atoms with van der Waals surface area (Å²) in [6.45, 7) is 6.93. The predicted octanol–water partition coefficient (Wildman–Crippen LogP) is 1.61. The van der Waals surface area contributed by atoms with Gasteiger partial charge in [-0.2, -0.15) is 5.10 Å². The third-order valence-electron chi connectivity index (χ3n) is 5.44. The fourth-order valence-corrected chi connectivity index (χ4v) is 4.11. The number of morpholine rings is 1. The van der Waals surface area contributed by atoms with Crippen LogP contribution in [0.25, 0.3) is 0 Å². The van der Waals surface area contributed by atoms with Crippen LogP contribution in [-0.2, 0) is 11.3 Å². The van der Waals surface area contributed by atoms with Crippen molar-refractivity contribution in [3.05, 3.63) is 18.5 Å². The van der Waals surface area contributed by atoms with Gasteiger partial charge < -0.3 is 15.4 Å². The quantitative estimate of drug-likeness (QED) is 0.818. The first-order chi connectivity index (χ1) is 12.2. The minimum Gasteiger partial charge on any atom is -0.379 e. The van der Waals surface area contributed by atoms with Crippen molar-refractivity contribution in [2.45, 2.75) is 57.2 Å². The molecule has 2 heterocycles. The Bertz CT molecular complexity index is 522. The van der Waals surface area contributed by atoms with Gasteiger partial charge in [0.05, 0.1) is 19.8 Å². The molecule has 7 heteroatoms. The predicted molar refractivity (Wildman–Crippen MR) is 96.4 cm³/mol. The van der Waals surface area contributed by atoms with E-state index in [1.165, 1.54) is 19.3 Å². The maximum atomic E-state index is 12.4. The number of carbonyl (C=O) groups excluding carboxylic acids is 1. The Morgan fingerprint density at radius 3 is 2.72 bits per heavy atom. The van der Waals surface area contributed by atoms with Gasteiger partial charge in [-0.25, -0.2) is 4.79 Å². The van der Waals surface area contributed by atoms with Gasteiger partial charge >= 0.3 is 6.03 Å². The zero-order valence-corrected chi connectivity index (χ0v) is 15.2. The van der Waals surface area contributed by atoms with Crippen LogP contribution in [0.1, 0.15) is 39.0 Å². The van der Waals surface area contributed by atoms with Crippen LogP contribution in [0.3, 0.4) is 0 Å². The maximum absolute atomic E-state index is 12.4. The molecule has 0 spiro atoms. The van der Waals surface area contributed by atoms with Gasteiger partial charge in [0, 0.05) is 43.6 Å². The van der Waals surface area contributed by atoms with Crippen LogP contribution in [0.15, 0.2) is 18.5 Å². The number of carbonyl (C=O) groups is 1. The first-order valence-corrected chi connectivity index (χ1v) is 9.53. The van der Waals surface area contributed by atoms with E-state index in [1.54, 1.807) is 6.20 Å². The Balaban J connectivity index is 1.50. The minimum absolute atomic E-state index is 0.0330. The normalized spacial score (nSPS) is 22.3. The first-order valence-electron chi connectivity index (χ1n) is 9.53. The van der Waals surface area contributed by atoms with E-state index in [1.807, 2.05) is 23.9 Å². The van der Waals surface area contributed by atoms with Gasteiger partial charge in [0.2, 0.25) is 0 Å². The molecule has 1 aromatic rings. The van der Waals surface area contributed by atoms with Crippen LogP contribution < -0.4 is 10.6 Å². The summed E-state index contributed by atoms with van der Waals surface area (Å²) < 4.78 is 7.35. The molecule has 1 atom stereocenters. The Hall–Kier alpha value is -1.60. The van der Waals surface area contributed by atoms with E-state index in [4.69, 9.17) is 4.74 Å². The number of rotatable bonds is 6. The summed E-state index contributed by atoms with van der Waals surface area (Å²) in [7, 11) is 0. The number of hydrogen-bond acceptors (Lipinski definition) is 4. The number of ether oxygens (including phenoxy) is 1. The summed E-state index contributed by atoms with van der Waals surface area (Å²) in [5, 5.41) is 10.3. The van der Waals surface area contributed by atoms with Crippen LogP contribution >= 0.6 is 0 Å². The van der Waals surface area contributed by atoms with Crippen molar-refractivity contribution in [3.63, 3.8) is 0 Å². The molecule has 1 aliphatic carbocycles. The second-order valence-corrected chi connectivity index (χ2v) is 7.34. The second kappa shape index (κ2) is 8.67. The van der Waals surface area contributed by atoms with Gasteiger partial charge in [0.25, 0.3) is 0 Å². The lowest BCUT2D eigenvalue weighted by atomic mass is 9.80. The summed E-state index contributed by atoms with van der Waals surface area (Å²) >= 11 is 0. The number of urea groups is 1. The highest BCUT2D eigenvalue weighted by Crippen LogP contribution is 2.33. The topological polar surface area (TPSA) is 71.4 Å². The molecule has 0 bridgehead atoms. The molecule has 2 fully saturated rings. The highest BCUT2D eigenvalue weighted by Gasteiger charge is 2.38. The van der Waals surface area contributed by atoms with E-state index < -0.39 is 0 Å². The van der Waals surface area contributed by atoms with Crippen molar-refractivity contribution in [3.8, 4) is 0 Å². The molecular formula is C18H31N5O2. The third-order valence-corrected chi connectivity index (χ3v) is 5.44. The molecule has 0 aromatic carbocycles. The summed E-state index contributed by atoms with van der Waals surface area (Å²) in [5.74, 6) is 0. The molecule has 140 valence electrons. The van der Waals surface area contributed by atoms with Crippen LogP contribution in [-0.4, -0.2) is 65.1 Å². The lowest BCUT2D eigenvalue weighted by Crippen LogP contribution is -2.60. The third kappa shape index (κ3) is 4.95. The fraction of sp³-hybridized carbons (Fsp3) is 0.778. The number of aromatic nitrogens is 2. The van der Waals surface area contributed by atoms with Crippen molar-refractivity contribution >= 4 is 6.03 Å². The molecule has 0 radical (unpaired) electrons. The number of nitrogens with zero attached hydrogens (tertiary/aromatic N) is 3. The lowest BCUT2D eigenvalue weighted by molar-refractivity contribution is -0.0357. The Kier molecular flexibility index (Phi) is 6.31. The van der Waals surface area contributed by atoms with Gasteiger partial charge in [-0.3, -0.25) is 9.58 Å². The molecule has 1 aromatic heterocycles. The molecular weight excluding hydrogens is 318 g/mol. The second-order valence-electron chi connectivity index (χ2n) is 7.34. The Morgan fingerprint density at radius 1 is 1.28 bits per heavy atom. The van der Waals surface area contributed by atoms with E-state index >= 15 is 0 Å². The number of hydrogen-bond donors (Lipinski definition) is 2. The molecule has 0 unspecified atom stereocenters. The molecule has 2 aliphatic rings. The van der Waals surface area contributed by atoms with E-state index in [-0.39, 0.29) is 17.6 Å². The highest BCUT2D eigenvalue weighted by atomic mass is 16.5. The SMILES string of the molecule is C[C@@H](Cn1cccn1)NC(=O)NCC1(N2CCOCC2)CCCCC1. The summed E-state index contributed by atoms with van der Waals surface area (Å²) in [5.41, 5.74) is 0.102. The molecule has 2 N–H and O–H groups in total. The van der Waals surface area contributed by atoms with Gasteiger partial charge in [-0.1, -0.05) is 19.3 Å². The van der Waals surface area contributed by atoms with Gasteiger partial charge in [0.15, 0.2) is 0 Å². The van der Waals surface area contributed by atoms with E-state index in [0.717, 1.165) is 39.1 Å². The van der Waals surface area contributed by atoms with E-state index in [2.05, 4.69) is 20.6 Å². The van der Waals surface area contributed by atoms with E-state index in [0.29, 0.717) is 13.1 Å². The zero-order chi connectivity index (χ0) is 17.5. The Morgan fingerprint density at radius 2 is 2.04 bits per heavy atom. The number of amides is 2. The van der Waals surface area contributed by atoms with Crippen molar-refractivity contribution in [2.75, 3.05) is 32.8 Å². The molecule has 1 saturated heterocycles. The average molecular weight is 349 g/mol. The molecule has 3 rings (SSSR count). The molecule has 7 nitrogen and oxygen atoms in total. The highest BCUT2D eigenvalue weighted by molar-refractivity contribution is 5.74. The first kappa shape index (κ1) is 18.2. The fourth-order valence-electron chi connectivity index (χ4n) is 4.11. The monoisotopic (exact) mass is 349 g/mol. The van der Waals surface area contributed by atoms with Crippen LogP contribution in [0, 0.1) is 0 Å². The van der Waals surface area contributed by atoms with Crippen molar-refractivity contribution in [1.29, 1.82) is 0 Å².